The quantitative estimate of drug-likeness (QED) is 0.678. The van der Waals surface area contributed by atoms with Crippen molar-refractivity contribution in [3.63, 3.8) is 0 Å². The monoisotopic (exact) mass is 182 g/mol. The van der Waals surface area contributed by atoms with E-state index < -0.39 is 7.58 Å². The summed E-state index contributed by atoms with van der Waals surface area (Å²) in [7, 11) is -1.24. The van der Waals surface area contributed by atoms with Crippen molar-refractivity contribution in [2.75, 3.05) is 0 Å². The molecule has 4 heteroatoms. The van der Waals surface area contributed by atoms with Gasteiger partial charge in [0.05, 0.1) is 6.10 Å². The van der Waals surface area contributed by atoms with E-state index in [1.165, 1.54) is 11.4 Å². The highest BCUT2D eigenvalue weighted by molar-refractivity contribution is 8.52. The highest BCUT2D eigenvalue weighted by Gasteiger charge is 2.09. The van der Waals surface area contributed by atoms with Crippen molar-refractivity contribution in [1.29, 1.82) is 0 Å². The lowest BCUT2D eigenvalue weighted by Crippen LogP contribution is -1.96. The van der Waals surface area contributed by atoms with Gasteiger partial charge in [-0.3, -0.25) is 0 Å². The molecule has 1 N–H and O–H groups in total. The van der Waals surface area contributed by atoms with E-state index in [-0.39, 0.29) is 6.10 Å². The van der Waals surface area contributed by atoms with Crippen LogP contribution in [0.4, 0.5) is 0 Å². The maximum atomic E-state index is 9.20. The van der Waals surface area contributed by atoms with Gasteiger partial charge in [-0.1, -0.05) is 25.2 Å². The first-order valence-corrected chi connectivity index (χ1v) is 6.04. The van der Waals surface area contributed by atoms with Gasteiger partial charge in [-0.25, -0.2) is 0 Å². The van der Waals surface area contributed by atoms with E-state index in [0.717, 1.165) is 0 Å². The third kappa shape index (κ3) is 6.81. The average molecular weight is 182 g/mol. The second-order valence-electron chi connectivity index (χ2n) is 2.55. The van der Waals surface area contributed by atoms with E-state index in [2.05, 4.69) is 0 Å². The standard InChI is InChI=1S/C6H15O2PS/c1-5(2)8-9(7)10-6(3)4/h5-7H,1-4H3. The molecule has 0 aliphatic rings. The first-order chi connectivity index (χ1) is 4.52. The summed E-state index contributed by atoms with van der Waals surface area (Å²) in [6.45, 7) is 7.93. The molecule has 0 aromatic rings. The van der Waals surface area contributed by atoms with Gasteiger partial charge in [-0.05, 0) is 13.8 Å². The van der Waals surface area contributed by atoms with Crippen LogP contribution in [0.3, 0.4) is 0 Å². The van der Waals surface area contributed by atoms with Gasteiger partial charge < -0.3 is 9.42 Å². The molecule has 0 amide bonds. The predicted octanol–water partition coefficient (Wildman–Crippen LogP) is 2.77. The van der Waals surface area contributed by atoms with Crippen LogP contribution in [0.2, 0.25) is 0 Å². The summed E-state index contributed by atoms with van der Waals surface area (Å²) in [4.78, 5) is 9.20. The third-order valence-corrected chi connectivity index (χ3v) is 3.87. The zero-order valence-corrected chi connectivity index (χ0v) is 8.58. The minimum absolute atomic E-state index is 0.127. The summed E-state index contributed by atoms with van der Waals surface area (Å²) in [5.74, 6) is 0. The Bertz CT molecular complexity index is 77.8. The summed E-state index contributed by atoms with van der Waals surface area (Å²) in [5.41, 5.74) is 0. The molecule has 0 spiro atoms. The molecule has 0 bridgehead atoms. The van der Waals surface area contributed by atoms with Crippen LogP contribution in [0, 0.1) is 0 Å². The fourth-order valence-electron chi connectivity index (χ4n) is 0.386. The van der Waals surface area contributed by atoms with Crippen molar-refractivity contribution in [2.45, 2.75) is 39.0 Å². The molecule has 0 aliphatic carbocycles. The second kappa shape index (κ2) is 5.36. The van der Waals surface area contributed by atoms with E-state index in [0.29, 0.717) is 5.25 Å². The molecule has 0 aromatic heterocycles. The molecule has 0 saturated heterocycles. The van der Waals surface area contributed by atoms with Crippen molar-refractivity contribution >= 4 is 19.0 Å². The lowest BCUT2D eigenvalue weighted by atomic mass is 10.5. The molecule has 0 rings (SSSR count). The van der Waals surface area contributed by atoms with Gasteiger partial charge in [0.25, 0.3) is 0 Å². The molecule has 1 unspecified atom stereocenters. The minimum Gasteiger partial charge on any atom is -0.342 e. The molecule has 0 radical (unpaired) electrons. The molecule has 10 heavy (non-hydrogen) atoms. The molecule has 0 aromatic carbocycles. The molecule has 62 valence electrons. The Labute approximate surface area is 68.0 Å². The van der Waals surface area contributed by atoms with Gasteiger partial charge in [0.1, 0.15) is 0 Å². The van der Waals surface area contributed by atoms with Crippen LogP contribution in [0.5, 0.6) is 0 Å². The second-order valence-corrected chi connectivity index (χ2v) is 5.96. The fraction of sp³-hybridized carbons (Fsp3) is 1.00. The highest BCUT2D eigenvalue weighted by atomic mass is 32.7. The van der Waals surface area contributed by atoms with Gasteiger partial charge in [-0.2, -0.15) is 0 Å². The summed E-state index contributed by atoms with van der Waals surface area (Å²) >= 11 is 1.48. The van der Waals surface area contributed by atoms with Gasteiger partial charge in [-0.15, -0.1) is 0 Å². The van der Waals surface area contributed by atoms with Crippen LogP contribution < -0.4 is 0 Å². The van der Waals surface area contributed by atoms with Gasteiger partial charge >= 0.3 is 0 Å². The van der Waals surface area contributed by atoms with Gasteiger partial charge in [0, 0.05) is 5.25 Å². The first-order valence-electron chi connectivity index (χ1n) is 3.35. The van der Waals surface area contributed by atoms with Crippen LogP contribution in [0.1, 0.15) is 27.7 Å². The lowest BCUT2D eigenvalue weighted by Gasteiger charge is -2.13. The fourth-order valence-corrected chi connectivity index (χ4v) is 2.90. The summed E-state index contributed by atoms with van der Waals surface area (Å²) in [5, 5.41) is 0.440. The molecule has 0 fully saturated rings. The predicted molar refractivity (Wildman–Crippen MR) is 48.1 cm³/mol. The largest absolute Gasteiger partial charge is 0.342 e. The molecular formula is C6H15O2PS. The normalized spacial score (nSPS) is 14.7. The Morgan fingerprint density at radius 2 is 1.80 bits per heavy atom. The summed E-state index contributed by atoms with van der Waals surface area (Å²) in [6, 6.07) is 0. The SMILES string of the molecule is CC(C)OP(O)SC(C)C. The number of hydrogen-bond acceptors (Lipinski definition) is 3. The zero-order chi connectivity index (χ0) is 8.15. The van der Waals surface area contributed by atoms with Crippen molar-refractivity contribution < 1.29 is 9.42 Å². The van der Waals surface area contributed by atoms with Crippen molar-refractivity contribution in [3.05, 3.63) is 0 Å². The average Bonchev–Trinajstić information content (AvgIpc) is 1.58. The molecule has 2 nitrogen and oxygen atoms in total. The summed E-state index contributed by atoms with van der Waals surface area (Å²) in [6.07, 6.45) is 0.127. The van der Waals surface area contributed by atoms with E-state index in [4.69, 9.17) is 4.52 Å². The Morgan fingerprint density at radius 3 is 2.10 bits per heavy atom. The summed E-state index contributed by atoms with van der Waals surface area (Å²) < 4.78 is 5.14. The molecule has 0 aliphatic heterocycles. The molecule has 0 heterocycles. The Hall–Kier alpha value is 0.700. The number of rotatable bonds is 4. The lowest BCUT2D eigenvalue weighted by molar-refractivity contribution is 0.250. The van der Waals surface area contributed by atoms with E-state index in [1.54, 1.807) is 0 Å². The molecule has 0 saturated carbocycles. The van der Waals surface area contributed by atoms with E-state index >= 15 is 0 Å². The van der Waals surface area contributed by atoms with Crippen LogP contribution in [0.15, 0.2) is 0 Å². The molecular weight excluding hydrogens is 167 g/mol. The maximum Gasteiger partial charge on any atom is 0.235 e. The number of hydrogen-bond donors (Lipinski definition) is 1. The van der Waals surface area contributed by atoms with Crippen molar-refractivity contribution in [3.8, 4) is 0 Å². The Kier molecular flexibility index (Phi) is 5.74. The smallest absolute Gasteiger partial charge is 0.235 e. The topological polar surface area (TPSA) is 29.5 Å². The van der Waals surface area contributed by atoms with E-state index in [1.807, 2.05) is 27.7 Å². The van der Waals surface area contributed by atoms with Crippen molar-refractivity contribution in [1.82, 2.24) is 0 Å². The first kappa shape index (κ1) is 10.7. The van der Waals surface area contributed by atoms with Crippen LogP contribution >= 0.6 is 19.0 Å². The zero-order valence-electron chi connectivity index (χ0n) is 6.87. The third-order valence-electron chi connectivity index (χ3n) is 0.602. The maximum absolute atomic E-state index is 9.20. The van der Waals surface area contributed by atoms with E-state index in [9.17, 15) is 4.89 Å². The van der Waals surface area contributed by atoms with Crippen LogP contribution in [-0.4, -0.2) is 16.2 Å². The van der Waals surface area contributed by atoms with Gasteiger partial charge in [0.2, 0.25) is 7.58 Å². The minimum atomic E-state index is -1.24. The highest BCUT2D eigenvalue weighted by Crippen LogP contribution is 2.49. The van der Waals surface area contributed by atoms with Gasteiger partial charge in [0.15, 0.2) is 0 Å². The Morgan fingerprint density at radius 1 is 1.30 bits per heavy atom. The van der Waals surface area contributed by atoms with Crippen molar-refractivity contribution in [2.24, 2.45) is 0 Å². The van der Waals surface area contributed by atoms with Crippen LogP contribution in [0.25, 0.3) is 0 Å². The van der Waals surface area contributed by atoms with Crippen LogP contribution in [-0.2, 0) is 4.52 Å². The Balaban J connectivity index is 3.34. The molecule has 1 atom stereocenters.